The highest BCUT2D eigenvalue weighted by Crippen LogP contribution is 2.08. The molecule has 0 amide bonds. The van der Waals surface area contributed by atoms with Crippen molar-refractivity contribution in [2.75, 3.05) is 13.6 Å². The second kappa shape index (κ2) is 6.33. The largest absolute Gasteiger partial charge is 0.371 e. The van der Waals surface area contributed by atoms with Gasteiger partial charge in [0.2, 0.25) is 0 Å². The normalized spacial score (nSPS) is 12.6. The third-order valence-electron chi connectivity index (χ3n) is 2.67. The van der Waals surface area contributed by atoms with Crippen molar-refractivity contribution in [2.45, 2.75) is 19.6 Å². The Kier molecular flexibility index (Phi) is 4.50. The summed E-state index contributed by atoms with van der Waals surface area (Å²) in [5, 5.41) is 7.57. The van der Waals surface area contributed by atoms with Gasteiger partial charge in [0.25, 0.3) is 0 Å². The van der Waals surface area contributed by atoms with Gasteiger partial charge in [-0.05, 0) is 32.2 Å². The van der Waals surface area contributed by atoms with E-state index in [1.54, 1.807) is 0 Å². The molecular formula is C14H19N3O. The van der Waals surface area contributed by atoms with E-state index in [2.05, 4.69) is 10.4 Å². The Balaban J connectivity index is 1.95. The van der Waals surface area contributed by atoms with Crippen LogP contribution in [0.2, 0.25) is 0 Å². The molecule has 1 N–H and O–H groups in total. The minimum Gasteiger partial charge on any atom is -0.371 e. The van der Waals surface area contributed by atoms with Crippen molar-refractivity contribution in [1.29, 1.82) is 0 Å². The molecule has 4 nitrogen and oxygen atoms in total. The van der Waals surface area contributed by atoms with E-state index in [9.17, 15) is 0 Å². The van der Waals surface area contributed by atoms with Crippen LogP contribution in [0.3, 0.4) is 0 Å². The lowest BCUT2D eigenvalue weighted by atomic mass is 10.3. The van der Waals surface area contributed by atoms with Crippen molar-refractivity contribution in [3.05, 3.63) is 48.3 Å². The van der Waals surface area contributed by atoms with Gasteiger partial charge in [-0.15, -0.1) is 0 Å². The molecule has 96 valence electrons. The summed E-state index contributed by atoms with van der Waals surface area (Å²) in [6, 6.07) is 12.0. The van der Waals surface area contributed by atoms with E-state index in [0.717, 1.165) is 17.9 Å². The van der Waals surface area contributed by atoms with Crippen LogP contribution >= 0.6 is 0 Å². The summed E-state index contributed by atoms with van der Waals surface area (Å²) in [6.07, 6.45) is 2.15. The maximum Gasteiger partial charge on any atom is 0.0910 e. The molecule has 18 heavy (non-hydrogen) atoms. The van der Waals surface area contributed by atoms with Crippen molar-refractivity contribution in [3.8, 4) is 5.69 Å². The molecule has 0 aliphatic heterocycles. The lowest BCUT2D eigenvalue weighted by Gasteiger charge is -2.10. The van der Waals surface area contributed by atoms with E-state index in [4.69, 9.17) is 4.74 Å². The number of nitrogens with one attached hydrogen (secondary N) is 1. The summed E-state index contributed by atoms with van der Waals surface area (Å²) >= 11 is 0. The zero-order valence-electron chi connectivity index (χ0n) is 10.8. The third kappa shape index (κ3) is 3.42. The van der Waals surface area contributed by atoms with E-state index in [-0.39, 0.29) is 6.10 Å². The highest BCUT2D eigenvalue weighted by Gasteiger charge is 2.04. The molecule has 1 aromatic heterocycles. The van der Waals surface area contributed by atoms with Gasteiger partial charge >= 0.3 is 0 Å². The average molecular weight is 245 g/mol. The van der Waals surface area contributed by atoms with Gasteiger partial charge in [-0.2, -0.15) is 5.10 Å². The van der Waals surface area contributed by atoms with E-state index < -0.39 is 0 Å². The number of hydrogen-bond donors (Lipinski definition) is 1. The summed E-state index contributed by atoms with van der Waals surface area (Å²) < 4.78 is 7.54. The van der Waals surface area contributed by atoms with Crippen LogP contribution in [0.4, 0.5) is 0 Å². The predicted molar refractivity (Wildman–Crippen MR) is 71.7 cm³/mol. The highest BCUT2D eigenvalue weighted by molar-refractivity contribution is 5.30. The summed E-state index contributed by atoms with van der Waals surface area (Å²) in [5.41, 5.74) is 2.01. The quantitative estimate of drug-likeness (QED) is 0.846. The summed E-state index contributed by atoms with van der Waals surface area (Å²) in [4.78, 5) is 0. The van der Waals surface area contributed by atoms with Gasteiger partial charge < -0.3 is 10.1 Å². The van der Waals surface area contributed by atoms with Gasteiger partial charge in [-0.25, -0.2) is 4.68 Å². The lowest BCUT2D eigenvalue weighted by molar-refractivity contribution is 0.0523. The molecule has 2 rings (SSSR count). The van der Waals surface area contributed by atoms with E-state index in [0.29, 0.717) is 6.61 Å². The molecule has 0 bridgehead atoms. The second-order valence-corrected chi connectivity index (χ2v) is 4.27. The number of likely N-dealkylation sites (N-methyl/N-ethyl adjacent to an activating group) is 1. The van der Waals surface area contributed by atoms with Gasteiger partial charge in [-0.1, -0.05) is 18.2 Å². The Bertz CT molecular complexity index is 467. The average Bonchev–Trinajstić information content (AvgIpc) is 2.87. The van der Waals surface area contributed by atoms with Gasteiger partial charge in [0.05, 0.1) is 24.1 Å². The van der Waals surface area contributed by atoms with E-state index in [1.165, 1.54) is 0 Å². The van der Waals surface area contributed by atoms with Crippen LogP contribution in [0.15, 0.2) is 42.6 Å². The Labute approximate surface area is 108 Å². The Morgan fingerprint density at radius 1 is 1.28 bits per heavy atom. The summed E-state index contributed by atoms with van der Waals surface area (Å²) in [6.45, 7) is 3.44. The van der Waals surface area contributed by atoms with Crippen LogP contribution < -0.4 is 5.32 Å². The van der Waals surface area contributed by atoms with Gasteiger partial charge in [0.15, 0.2) is 0 Å². The molecule has 0 aliphatic rings. The lowest BCUT2D eigenvalue weighted by Crippen LogP contribution is -2.23. The van der Waals surface area contributed by atoms with Crippen molar-refractivity contribution < 1.29 is 4.74 Å². The molecule has 0 saturated heterocycles. The van der Waals surface area contributed by atoms with Gasteiger partial charge in [0.1, 0.15) is 0 Å². The molecule has 4 heteroatoms. The van der Waals surface area contributed by atoms with Crippen LogP contribution in [-0.4, -0.2) is 29.5 Å². The molecule has 2 aromatic rings. The minimum atomic E-state index is 0.192. The van der Waals surface area contributed by atoms with Crippen LogP contribution in [0.1, 0.15) is 12.6 Å². The van der Waals surface area contributed by atoms with Crippen LogP contribution in [0.5, 0.6) is 0 Å². The molecule has 0 fully saturated rings. The number of nitrogens with zero attached hydrogens (tertiary/aromatic N) is 2. The number of para-hydroxylation sites is 1. The Morgan fingerprint density at radius 2 is 2.06 bits per heavy atom. The molecule has 1 aromatic carbocycles. The van der Waals surface area contributed by atoms with Gasteiger partial charge in [0, 0.05) is 12.7 Å². The summed E-state index contributed by atoms with van der Waals surface area (Å²) in [7, 11) is 1.92. The molecule has 1 heterocycles. The van der Waals surface area contributed by atoms with Crippen LogP contribution in [-0.2, 0) is 11.3 Å². The number of benzene rings is 1. The first kappa shape index (κ1) is 12.8. The van der Waals surface area contributed by atoms with Gasteiger partial charge in [-0.3, -0.25) is 0 Å². The first-order chi connectivity index (χ1) is 8.79. The van der Waals surface area contributed by atoms with Crippen LogP contribution in [0, 0.1) is 0 Å². The van der Waals surface area contributed by atoms with Crippen LogP contribution in [0.25, 0.3) is 5.69 Å². The standard InChI is InChI=1S/C14H19N3O/c1-12(10-15-2)18-11-13-8-9-17(16-13)14-6-4-3-5-7-14/h3-9,12,15H,10-11H2,1-2H3. The fraction of sp³-hybridized carbons (Fsp3) is 0.357. The molecule has 0 aliphatic carbocycles. The summed E-state index contributed by atoms with van der Waals surface area (Å²) in [5.74, 6) is 0. The predicted octanol–water partition coefficient (Wildman–Crippen LogP) is 2.00. The minimum absolute atomic E-state index is 0.192. The van der Waals surface area contributed by atoms with E-state index >= 15 is 0 Å². The molecule has 1 unspecified atom stereocenters. The van der Waals surface area contributed by atoms with E-state index in [1.807, 2.05) is 61.2 Å². The highest BCUT2D eigenvalue weighted by atomic mass is 16.5. The second-order valence-electron chi connectivity index (χ2n) is 4.27. The number of ether oxygens (including phenoxy) is 1. The van der Waals surface area contributed by atoms with Crippen molar-refractivity contribution in [1.82, 2.24) is 15.1 Å². The Hall–Kier alpha value is -1.65. The Morgan fingerprint density at radius 3 is 2.78 bits per heavy atom. The number of aromatic nitrogens is 2. The molecule has 0 radical (unpaired) electrons. The SMILES string of the molecule is CNCC(C)OCc1ccn(-c2ccccc2)n1. The van der Waals surface area contributed by atoms with Crippen molar-refractivity contribution >= 4 is 0 Å². The molecular weight excluding hydrogens is 226 g/mol. The molecule has 1 atom stereocenters. The number of hydrogen-bond acceptors (Lipinski definition) is 3. The van der Waals surface area contributed by atoms with Crippen molar-refractivity contribution in [2.24, 2.45) is 0 Å². The third-order valence-corrected chi connectivity index (χ3v) is 2.67. The fourth-order valence-corrected chi connectivity index (χ4v) is 1.74. The topological polar surface area (TPSA) is 39.1 Å². The molecule has 0 saturated carbocycles. The monoisotopic (exact) mass is 245 g/mol. The van der Waals surface area contributed by atoms with Crippen molar-refractivity contribution in [3.63, 3.8) is 0 Å². The fourth-order valence-electron chi connectivity index (χ4n) is 1.74. The molecule has 0 spiro atoms. The maximum atomic E-state index is 5.68. The zero-order valence-corrected chi connectivity index (χ0v) is 10.8. The zero-order chi connectivity index (χ0) is 12.8. The first-order valence-electron chi connectivity index (χ1n) is 6.16. The first-order valence-corrected chi connectivity index (χ1v) is 6.16. The maximum absolute atomic E-state index is 5.68. The smallest absolute Gasteiger partial charge is 0.0910 e. The number of rotatable bonds is 6.